The summed E-state index contributed by atoms with van der Waals surface area (Å²) in [6.07, 6.45) is 0.140. The molecular weight excluding hydrogens is 212 g/mol. The summed E-state index contributed by atoms with van der Waals surface area (Å²) in [4.78, 5) is 0. The van der Waals surface area contributed by atoms with Crippen molar-refractivity contribution in [3.63, 3.8) is 0 Å². The zero-order chi connectivity index (χ0) is 11.3. The third-order valence-corrected chi connectivity index (χ3v) is 2.34. The van der Waals surface area contributed by atoms with E-state index in [2.05, 4.69) is 6.07 Å². The highest BCUT2D eigenvalue weighted by molar-refractivity contribution is 6.32. The van der Waals surface area contributed by atoms with Crippen LogP contribution in [0.2, 0.25) is 5.02 Å². The molecule has 1 unspecified atom stereocenters. The summed E-state index contributed by atoms with van der Waals surface area (Å²) >= 11 is 5.98. The Labute approximate surface area is 94.4 Å². The van der Waals surface area contributed by atoms with Crippen LogP contribution in [0.5, 0.6) is 5.75 Å². The molecule has 1 aromatic rings. The van der Waals surface area contributed by atoms with E-state index in [1.54, 1.807) is 6.07 Å². The second kappa shape index (κ2) is 5.59. The topological polar surface area (TPSA) is 59.0 Å². The van der Waals surface area contributed by atoms with Crippen LogP contribution in [0, 0.1) is 11.3 Å². The molecule has 0 radical (unpaired) electrons. The molecular formula is C11H13ClN2O. The van der Waals surface area contributed by atoms with Crippen LogP contribution in [0.15, 0.2) is 18.2 Å². The molecule has 1 aromatic carbocycles. The molecule has 0 saturated carbocycles. The Bertz CT molecular complexity index is 373. The number of rotatable bonds is 4. The zero-order valence-corrected chi connectivity index (χ0v) is 9.29. The van der Waals surface area contributed by atoms with Gasteiger partial charge in [-0.05, 0) is 12.5 Å². The SMILES string of the molecule is CCC(C#N)Oc1c(Cl)cccc1CN. The Balaban J connectivity index is 2.97. The maximum atomic E-state index is 8.79. The Morgan fingerprint density at radius 2 is 2.33 bits per heavy atom. The summed E-state index contributed by atoms with van der Waals surface area (Å²) in [5, 5.41) is 9.28. The lowest BCUT2D eigenvalue weighted by molar-refractivity contribution is 0.249. The van der Waals surface area contributed by atoms with E-state index in [1.165, 1.54) is 0 Å². The molecule has 0 bridgehead atoms. The highest BCUT2D eigenvalue weighted by Gasteiger charge is 2.12. The van der Waals surface area contributed by atoms with E-state index in [4.69, 9.17) is 27.3 Å². The van der Waals surface area contributed by atoms with Gasteiger partial charge in [-0.15, -0.1) is 0 Å². The summed E-state index contributed by atoms with van der Waals surface area (Å²) < 4.78 is 5.49. The van der Waals surface area contributed by atoms with E-state index < -0.39 is 6.10 Å². The molecule has 0 spiro atoms. The lowest BCUT2D eigenvalue weighted by Gasteiger charge is -2.14. The number of nitrogens with two attached hydrogens (primary N) is 1. The Hall–Kier alpha value is -1.24. The van der Waals surface area contributed by atoms with Gasteiger partial charge in [-0.1, -0.05) is 30.7 Å². The fraction of sp³-hybridized carbons (Fsp3) is 0.364. The molecule has 0 aromatic heterocycles. The van der Waals surface area contributed by atoms with Crippen molar-refractivity contribution in [1.82, 2.24) is 0 Å². The summed E-state index contributed by atoms with van der Waals surface area (Å²) in [6, 6.07) is 7.43. The van der Waals surface area contributed by atoms with Crippen molar-refractivity contribution < 1.29 is 4.74 Å². The number of hydrogen-bond donors (Lipinski definition) is 1. The molecule has 1 atom stereocenters. The van der Waals surface area contributed by atoms with Crippen LogP contribution in [0.4, 0.5) is 0 Å². The number of hydrogen-bond acceptors (Lipinski definition) is 3. The second-order valence-electron chi connectivity index (χ2n) is 3.08. The monoisotopic (exact) mass is 224 g/mol. The van der Waals surface area contributed by atoms with Gasteiger partial charge >= 0.3 is 0 Å². The van der Waals surface area contributed by atoms with Crippen molar-refractivity contribution in [2.75, 3.05) is 0 Å². The molecule has 0 aliphatic carbocycles. The van der Waals surface area contributed by atoms with E-state index in [9.17, 15) is 0 Å². The van der Waals surface area contributed by atoms with Crippen LogP contribution >= 0.6 is 11.6 Å². The fourth-order valence-electron chi connectivity index (χ4n) is 1.19. The normalized spacial score (nSPS) is 11.9. The molecule has 0 fully saturated rings. The van der Waals surface area contributed by atoms with Crippen LogP contribution in [0.25, 0.3) is 0 Å². The molecule has 0 aliphatic heterocycles. The third-order valence-electron chi connectivity index (χ3n) is 2.04. The van der Waals surface area contributed by atoms with Crippen molar-refractivity contribution in [3.8, 4) is 11.8 Å². The van der Waals surface area contributed by atoms with Crippen molar-refractivity contribution in [2.45, 2.75) is 26.0 Å². The fourth-order valence-corrected chi connectivity index (χ4v) is 1.43. The molecule has 0 heterocycles. The van der Waals surface area contributed by atoms with Gasteiger partial charge in [-0.3, -0.25) is 0 Å². The smallest absolute Gasteiger partial charge is 0.184 e. The molecule has 4 heteroatoms. The first kappa shape index (κ1) is 11.8. The lowest BCUT2D eigenvalue weighted by Crippen LogP contribution is -2.14. The Kier molecular flexibility index (Phi) is 4.41. The molecule has 0 aliphatic rings. The largest absolute Gasteiger partial charge is 0.474 e. The number of benzene rings is 1. The molecule has 2 N–H and O–H groups in total. The van der Waals surface area contributed by atoms with Crippen LogP contribution in [-0.2, 0) is 6.54 Å². The average Bonchev–Trinajstić information content (AvgIpc) is 2.27. The number of para-hydroxylation sites is 1. The molecule has 0 amide bonds. The van der Waals surface area contributed by atoms with Gasteiger partial charge in [0.2, 0.25) is 0 Å². The molecule has 3 nitrogen and oxygen atoms in total. The number of halogens is 1. The number of ether oxygens (including phenoxy) is 1. The van der Waals surface area contributed by atoms with E-state index in [0.717, 1.165) is 5.56 Å². The van der Waals surface area contributed by atoms with Gasteiger partial charge in [0.1, 0.15) is 11.8 Å². The van der Waals surface area contributed by atoms with Crippen molar-refractivity contribution >= 4 is 11.6 Å². The molecule has 15 heavy (non-hydrogen) atoms. The number of nitrogens with zero attached hydrogens (tertiary/aromatic N) is 1. The Morgan fingerprint density at radius 1 is 1.60 bits per heavy atom. The van der Waals surface area contributed by atoms with Gasteiger partial charge in [-0.2, -0.15) is 5.26 Å². The maximum Gasteiger partial charge on any atom is 0.184 e. The molecule has 80 valence electrons. The average molecular weight is 225 g/mol. The zero-order valence-electron chi connectivity index (χ0n) is 8.53. The predicted molar refractivity (Wildman–Crippen MR) is 59.7 cm³/mol. The second-order valence-corrected chi connectivity index (χ2v) is 3.48. The summed E-state index contributed by atoms with van der Waals surface area (Å²) in [5.41, 5.74) is 6.37. The minimum absolute atomic E-state index is 0.345. The predicted octanol–water partition coefficient (Wildman–Crippen LogP) is 2.48. The molecule has 1 rings (SSSR count). The van der Waals surface area contributed by atoms with Gasteiger partial charge in [0.25, 0.3) is 0 Å². The van der Waals surface area contributed by atoms with Crippen LogP contribution in [0.1, 0.15) is 18.9 Å². The van der Waals surface area contributed by atoms with Gasteiger partial charge in [0.15, 0.2) is 6.10 Å². The standard InChI is InChI=1S/C11H13ClN2O/c1-2-9(7-14)15-11-8(6-13)4-3-5-10(11)12/h3-5,9H,2,6,13H2,1H3. The maximum absolute atomic E-state index is 8.79. The molecule has 0 saturated heterocycles. The van der Waals surface area contributed by atoms with E-state index in [1.807, 2.05) is 19.1 Å². The van der Waals surface area contributed by atoms with Crippen molar-refractivity contribution in [1.29, 1.82) is 5.26 Å². The van der Waals surface area contributed by atoms with Crippen molar-refractivity contribution in [3.05, 3.63) is 28.8 Å². The quantitative estimate of drug-likeness (QED) is 0.855. The van der Waals surface area contributed by atoms with Crippen molar-refractivity contribution in [2.24, 2.45) is 5.73 Å². The highest BCUT2D eigenvalue weighted by atomic mass is 35.5. The van der Waals surface area contributed by atoms with Crippen LogP contribution < -0.4 is 10.5 Å². The highest BCUT2D eigenvalue weighted by Crippen LogP contribution is 2.29. The Morgan fingerprint density at radius 3 is 2.87 bits per heavy atom. The van der Waals surface area contributed by atoms with Gasteiger partial charge in [-0.25, -0.2) is 0 Å². The summed E-state index contributed by atoms with van der Waals surface area (Å²) in [6.45, 7) is 2.23. The lowest BCUT2D eigenvalue weighted by atomic mass is 10.2. The van der Waals surface area contributed by atoms with Gasteiger partial charge in [0, 0.05) is 12.1 Å². The van der Waals surface area contributed by atoms with Crippen LogP contribution in [0.3, 0.4) is 0 Å². The van der Waals surface area contributed by atoms with Crippen LogP contribution in [-0.4, -0.2) is 6.10 Å². The van der Waals surface area contributed by atoms with E-state index in [0.29, 0.717) is 23.7 Å². The van der Waals surface area contributed by atoms with E-state index in [-0.39, 0.29) is 0 Å². The first-order chi connectivity index (χ1) is 7.22. The number of nitriles is 1. The third kappa shape index (κ3) is 2.85. The van der Waals surface area contributed by atoms with Gasteiger partial charge < -0.3 is 10.5 Å². The first-order valence-corrected chi connectivity index (χ1v) is 5.14. The minimum atomic E-state index is -0.477. The summed E-state index contributed by atoms with van der Waals surface area (Å²) in [5.74, 6) is 0.523. The minimum Gasteiger partial charge on any atom is -0.474 e. The van der Waals surface area contributed by atoms with Gasteiger partial charge in [0.05, 0.1) is 5.02 Å². The summed E-state index contributed by atoms with van der Waals surface area (Å²) in [7, 11) is 0. The first-order valence-electron chi connectivity index (χ1n) is 4.76. The van der Waals surface area contributed by atoms with E-state index >= 15 is 0 Å².